The van der Waals surface area contributed by atoms with Crippen LogP contribution in [0.4, 0.5) is 0 Å². The average Bonchev–Trinajstić information content (AvgIpc) is 1.98. The van der Waals surface area contributed by atoms with Crippen molar-refractivity contribution in [3.05, 3.63) is 9.21 Å². The maximum Gasteiger partial charge on any atom is 0.128 e. The predicted molar refractivity (Wildman–Crippen MR) is 43.5 cm³/mol. The van der Waals surface area contributed by atoms with E-state index < -0.39 is 0 Å². The highest BCUT2D eigenvalue weighted by atomic mass is 79.9. The van der Waals surface area contributed by atoms with Crippen molar-refractivity contribution in [1.82, 2.24) is 15.6 Å². The molecule has 0 aromatic carbocycles. The van der Waals surface area contributed by atoms with E-state index in [2.05, 4.69) is 37.3 Å². The Morgan fingerprint density at radius 3 is 2.00 bits per heavy atom. The lowest BCUT2D eigenvalue weighted by atomic mass is 10.9. The lowest BCUT2D eigenvalue weighted by Crippen LogP contribution is -2.36. The third-order valence-corrected chi connectivity index (χ3v) is 3.17. The fourth-order valence-corrected chi connectivity index (χ4v) is 1.38. The minimum atomic E-state index is 0.951. The standard InChI is InChI=1S/C4H7Br2N3/c1-8-4(6)3(5)7-9(8)2/h7H,1-2H3. The lowest BCUT2D eigenvalue weighted by molar-refractivity contribution is 0.0620. The van der Waals surface area contributed by atoms with Gasteiger partial charge in [-0.3, -0.25) is 10.4 Å². The molecular formula is C4H7Br2N3. The van der Waals surface area contributed by atoms with Crippen molar-refractivity contribution in [2.75, 3.05) is 14.1 Å². The third-order valence-electron chi connectivity index (χ3n) is 1.18. The van der Waals surface area contributed by atoms with Crippen LogP contribution in [0.3, 0.4) is 0 Å². The molecule has 0 saturated carbocycles. The fraction of sp³-hybridized carbons (Fsp3) is 0.500. The van der Waals surface area contributed by atoms with E-state index in [-0.39, 0.29) is 0 Å². The van der Waals surface area contributed by atoms with E-state index in [0.29, 0.717) is 0 Å². The van der Waals surface area contributed by atoms with Gasteiger partial charge in [0, 0.05) is 14.1 Å². The first-order valence-corrected chi connectivity index (χ1v) is 4.01. The molecule has 0 atom stereocenters. The quantitative estimate of drug-likeness (QED) is 0.658. The minimum absolute atomic E-state index is 0.951. The molecule has 1 heterocycles. The van der Waals surface area contributed by atoms with Crippen LogP contribution in [0, 0.1) is 0 Å². The van der Waals surface area contributed by atoms with Gasteiger partial charge in [-0.1, -0.05) is 0 Å². The molecule has 0 aromatic heterocycles. The van der Waals surface area contributed by atoms with Crippen LogP contribution < -0.4 is 5.43 Å². The summed E-state index contributed by atoms with van der Waals surface area (Å²) in [6, 6.07) is 0. The van der Waals surface area contributed by atoms with E-state index in [1.54, 1.807) is 0 Å². The van der Waals surface area contributed by atoms with Crippen LogP contribution in [0.15, 0.2) is 9.21 Å². The molecule has 9 heavy (non-hydrogen) atoms. The molecule has 3 nitrogen and oxygen atoms in total. The summed E-state index contributed by atoms with van der Waals surface area (Å²) in [5.74, 6) is 0. The van der Waals surface area contributed by atoms with E-state index in [0.717, 1.165) is 9.21 Å². The molecule has 1 aliphatic heterocycles. The molecule has 1 N–H and O–H groups in total. The molecule has 52 valence electrons. The first-order chi connectivity index (χ1) is 4.13. The number of rotatable bonds is 0. The second-order valence-corrected chi connectivity index (χ2v) is 3.31. The highest BCUT2D eigenvalue weighted by molar-refractivity contribution is 9.14. The van der Waals surface area contributed by atoms with E-state index >= 15 is 0 Å². The van der Waals surface area contributed by atoms with Gasteiger partial charge in [0.05, 0.1) is 0 Å². The van der Waals surface area contributed by atoms with Gasteiger partial charge in [-0.2, -0.15) is 0 Å². The monoisotopic (exact) mass is 255 g/mol. The molecule has 1 aliphatic rings. The van der Waals surface area contributed by atoms with Crippen LogP contribution in [0.25, 0.3) is 0 Å². The van der Waals surface area contributed by atoms with Crippen molar-refractivity contribution in [1.29, 1.82) is 0 Å². The van der Waals surface area contributed by atoms with Crippen LogP contribution >= 0.6 is 31.9 Å². The summed E-state index contributed by atoms with van der Waals surface area (Å²) < 4.78 is 1.96. The summed E-state index contributed by atoms with van der Waals surface area (Å²) in [7, 11) is 3.88. The number of hydrogen-bond donors (Lipinski definition) is 1. The Bertz CT molecular complexity index is 156. The van der Waals surface area contributed by atoms with Crippen molar-refractivity contribution in [2.24, 2.45) is 0 Å². The first kappa shape index (κ1) is 7.37. The van der Waals surface area contributed by atoms with Gasteiger partial charge in [0.15, 0.2) is 0 Å². The summed E-state index contributed by atoms with van der Waals surface area (Å²) in [5, 5.41) is 3.79. The van der Waals surface area contributed by atoms with Crippen molar-refractivity contribution in [3.63, 3.8) is 0 Å². The lowest BCUT2D eigenvalue weighted by Gasteiger charge is -2.20. The Morgan fingerprint density at radius 2 is 1.89 bits per heavy atom. The molecular weight excluding hydrogens is 250 g/mol. The van der Waals surface area contributed by atoms with Gasteiger partial charge in [-0.15, -0.1) is 5.12 Å². The molecule has 5 heteroatoms. The predicted octanol–water partition coefficient (Wildman–Crippen LogP) is 1.20. The number of hydrogen-bond acceptors (Lipinski definition) is 3. The van der Waals surface area contributed by atoms with E-state index in [9.17, 15) is 0 Å². The number of nitrogens with zero attached hydrogens (tertiary/aromatic N) is 2. The number of nitrogens with one attached hydrogen (secondary N) is 1. The molecule has 0 saturated heterocycles. The van der Waals surface area contributed by atoms with Crippen LogP contribution in [-0.2, 0) is 0 Å². The highest BCUT2D eigenvalue weighted by Gasteiger charge is 2.18. The van der Waals surface area contributed by atoms with Crippen LogP contribution in [-0.4, -0.2) is 24.2 Å². The molecule has 0 fully saturated rings. The summed E-state index contributed by atoms with van der Waals surface area (Å²) >= 11 is 6.69. The molecule has 0 bridgehead atoms. The highest BCUT2D eigenvalue weighted by Crippen LogP contribution is 2.24. The maximum absolute atomic E-state index is 3.36. The SMILES string of the molecule is CN1NC(Br)=C(Br)N1C. The molecule has 0 unspecified atom stereocenters. The largest absolute Gasteiger partial charge is 0.293 e. The Balaban J connectivity index is 2.74. The van der Waals surface area contributed by atoms with E-state index in [1.165, 1.54) is 0 Å². The zero-order valence-corrected chi connectivity index (χ0v) is 8.32. The van der Waals surface area contributed by atoms with Crippen molar-refractivity contribution < 1.29 is 0 Å². The molecule has 1 rings (SSSR count). The Kier molecular flexibility index (Phi) is 2.03. The van der Waals surface area contributed by atoms with Gasteiger partial charge >= 0.3 is 0 Å². The van der Waals surface area contributed by atoms with E-state index in [1.807, 2.05) is 24.2 Å². The zero-order valence-electron chi connectivity index (χ0n) is 5.15. The van der Waals surface area contributed by atoms with Gasteiger partial charge in [0.1, 0.15) is 9.21 Å². The summed E-state index contributed by atoms with van der Waals surface area (Å²) in [6.07, 6.45) is 0. The first-order valence-electron chi connectivity index (χ1n) is 2.42. The smallest absolute Gasteiger partial charge is 0.128 e. The third kappa shape index (κ3) is 1.22. The van der Waals surface area contributed by atoms with Crippen LogP contribution in [0.5, 0.6) is 0 Å². The van der Waals surface area contributed by atoms with Crippen LogP contribution in [0.2, 0.25) is 0 Å². The topological polar surface area (TPSA) is 18.5 Å². The molecule has 0 aliphatic carbocycles. The van der Waals surface area contributed by atoms with Gasteiger partial charge in [0.25, 0.3) is 0 Å². The molecule has 0 amide bonds. The second kappa shape index (κ2) is 2.48. The number of hydrazine groups is 2. The van der Waals surface area contributed by atoms with Gasteiger partial charge in [-0.05, 0) is 31.9 Å². The maximum atomic E-state index is 3.36. The van der Waals surface area contributed by atoms with Gasteiger partial charge in [-0.25, -0.2) is 0 Å². The van der Waals surface area contributed by atoms with Crippen molar-refractivity contribution >= 4 is 31.9 Å². The second-order valence-electron chi connectivity index (χ2n) is 1.76. The van der Waals surface area contributed by atoms with E-state index in [4.69, 9.17) is 0 Å². The summed E-state index contributed by atoms with van der Waals surface area (Å²) in [6.45, 7) is 0. The zero-order chi connectivity index (χ0) is 7.02. The van der Waals surface area contributed by atoms with Gasteiger partial charge in [0.2, 0.25) is 0 Å². The van der Waals surface area contributed by atoms with Crippen molar-refractivity contribution in [3.8, 4) is 0 Å². The Hall–Kier alpha value is 0.260. The normalized spacial score (nSPS) is 21.1. The molecule has 0 radical (unpaired) electrons. The van der Waals surface area contributed by atoms with Crippen LogP contribution in [0.1, 0.15) is 0 Å². The van der Waals surface area contributed by atoms with Crippen molar-refractivity contribution in [2.45, 2.75) is 0 Å². The van der Waals surface area contributed by atoms with Gasteiger partial charge < -0.3 is 0 Å². The minimum Gasteiger partial charge on any atom is -0.293 e. The Morgan fingerprint density at radius 1 is 1.33 bits per heavy atom. The summed E-state index contributed by atoms with van der Waals surface area (Å²) in [4.78, 5) is 0. The number of halogens is 2. The average molecular weight is 257 g/mol. The Labute approximate surface area is 70.9 Å². The fourth-order valence-electron chi connectivity index (χ4n) is 0.537. The molecule has 0 spiro atoms. The molecule has 0 aromatic rings. The summed E-state index contributed by atoms with van der Waals surface area (Å²) in [5.41, 5.74) is 3.02.